The molecular weight excluding hydrogens is 250 g/mol. The van der Waals surface area contributed by atoms with E-state index in [1.807, 2.05) is 47.4 Å². The number of para-hydroxylation sites is 1. The zero-order valence-corrected chi connectivity index (χ0v) is 11.8. The molecular formula is C16H21N3O. The number of piperidine rings is 1. The van der Waals surface area contributed by atoms with Crippen LogP contribution in [0.2, 0.25) is 0 Å². The van der Waals surface area contributed by atoms with Crippen molar-refractivity contribution >= 4 is 0 Å². The predicted molar refractivity (Wildman–Crippen MR) is 78.8 cm³/mol. The van der Waals surface area contributed by atoms with Crippen molar-refractivity contribution in [3.8, 4) is 5.69 Å². The summed E-state index contributed by atoms with van der Waals surface area (Å²) < 4.78 is 7.90. The van der Waals surface area contributed by atoms with Crippen LogP contribution in [0.25, 0.3) is 5.69 Å². The first kappa shape index (κ1) is 13.3. The summed E-state index contributed by atoms with van der Waals surface area (Å²) in [7, 11) is 0. The maximum Gasteiger partial charge on any atom is 0.0752 e. The molecule has 0 amide bonds. The number of aromatic nitrogens is 2. The van der Waals surface area contributed by atoms with Gasteiger partial charge < -0.3 is 10.1 Å². The fourth-order valence-corrected chi connectivity index (χ4v) is 2.54. The van der Waals surface area contributed by atoms with Crippen molar-refractivity contribution in [3.63, 3.8) is 0 Å². The van der Waals surface area contributed by atoms with Crippen molar-refractivity contribution in [1.82, 2.24) is 15.1 Å². The summed E-state index contributed by atoms with van der Waals surface area (Å²) in [6, 6.07) is 10.1. The Morgan fingerprint density at radius 3 is 3.00 bits per heavy atom. The Morgan fingerprint density at radius 1 is 1.35 bits per heavy atom. The Bertz CT molecular complexity index is 538. The van der Waals surface area contributed by atoms with E-state index in [0.29, 0.717) is 18.6 Å². The molecule has 2 heterocycles. The molecule has 1 aromatic heterocycles. The number of nitrogens with one attached hydrogen (secondary N) is 1. The van der Waals surface area contributed by atoms with Gasteiger partial charge in [0.2, 0.25) is 0 Å². The third-order valence-corrected chi connectivity index (χ3v) is 3.88. The van der Waals surface area contributed by atoms with E-state index < -0.39 is 0 Å². The molecule has 0 bridgehead atoms. The number of hydrogen-bond donors (Lipinski definition) is 1. The van der Waals surface area contributed by atoms with Crippen LogP contribution < -0.4 is 5.32 Å². The summed E-state index contributed by atoms with van der Waals surface area (Å²) in [5.74, 6) is 0.625. The lowest BCUT2D eigenvalue weighted by Crippen LogP contribution is -2.40. The van der Waals surface area contributed by atoms with Gasteiger partial charge in [-0.05, 0) is 31.0 Å². The monoisotopic (exact) mass is 271 g/mol. The van der Waals surface area contributed by atoms with Crippen molar-refractivity contribution in [2.24, 2.45) is 5.92 Å². The van der Waals surface area contributed by atoms with Gasteiger partial charge in [0.05, 0.1) is 24.6 Å². The highest BCUT2D eigenvalue weighted by Gasteiger charge is 2.21. The second-order valence-electron chi connectivity index (χ2n) is 5.45. The molecule has 4 nitrogen and oxygen atoms in total. The maximum atomic E-state index is 6.01. The molecule has 3 rings (SSSR count). The van der Waals surface area contributed by atoms with Gasteiger partial charge in [0.1, 0.15) is 0 Å². The normalized spacial score (nSPS) is 22.9. The summed E-state index contributed by atoms with van der Waals surface area (Å²) in [6.45, 7) is 4.95. The number of benzene rings is 1. The van der Waals surface area contributed by atoms with E-state index in [-0.39, 0.29) is 0 Å². The smallest absolute Gasteiger partial charge is 0.0752 e. The van der Waals surface area contributed by atoms with Gasteiger partial charge >= 0.3 is 0 Å². The number of nitrogens with zero attached hydrogens (tertiary/aromatic N) is 2. The summed E-state index contributed by atoms with van der Waals surface area (Å²) in [6.07, 6.45) is 5.42. The van der Waals surface area contributed by atoms with Gasteiger partial charge in [0.15, 0.2) is 0 Å². The average molecular weight is 271 g/mol. The SMILES string of the molecule is CC1CCNCC1OCc1cnn(-c2ccccc2)c1. The van der Waals surface area contributed by atoms with Crippen molar-refractivity contribution in [2.75, 3.05) is 13.1 Å². The van der Waals surface area contributed by atoms with E-state index in [2.05, 4.69) is 17.3 Å². The van der Waals surface area contributed by atoms with E-state index in [1.54, 1.807) is 0 Å². The molecule has 2 unspecified atom stereocenters. The summed E-state index contributed by atoms with van der Waals surface area (Å²) in [5.41, 5.74) is 2.19. The number of hydrogen-bond acceptors (Lipinski definition) is 3. The van der Waals surface area contributed by atoms with E-state index in [1.165, 1.54) is 6.42 Å². The fraction of sp³-hybridized carbons (Fsp3) is 0.438. The third kappa shape index (κ3) is 3.08. The first-order valence-electron chi connectivity index (χ1n) is 7.24. The molecule has 1 fully saturated rings. The van der Waals surface area contributed by atoms with Crippen LogP contribution in [0.1, 0.15) is 18.9 Å². The van der Waals surface area contributed by atoms with Crippen LogP contribution in [0.4, 0.5) is 0 Å². The molecule has 1 aliphatic rings. The van der Waals surface area contributed by atoms with Gasteiger partial charge in [0.25, 0.3) is 0 Å². The average Bonchev–Trinajstić information content (AvgIpc) is 2.96. The van der Waals surface area contributed by atoms with Crippen LogP contribution >= 0.6 is 0 Å². The number of ether oxygens (including phenoxy) is 1. The Hall–Kier alpha value is -1.65. The van der Waals surface area contributed by atoms with E-state index in [0.717, 1.165) is 24.3 Å². The van der Waals surface area contributed by atoms with Gasteiger partial charge in [-0.2, -0.15) is 5.10 Å². The predicted octanol–water partition coefficient (Wildman–Crippen LogP) is 2.39. The minimum absolute atomic E-state index is 0.309. The third-order valence-electron chi connectivity index (χ3n) is 3.88. The number of rotatable bonds is 4. The molecule has 1 saturated heterocycles. The molecule has 1 N–H and O–H groups in total. The largest absolute Gasteiger partial charge is 0.372 e. The second-order valence-corrected chi connectivity index (χ2v) is 5.45. The van der Waals surface area contributed by atoms with Gasteiger partial charge in [-0.3, -0.25) is 0 Å². The Labute approximate surface area is 119 Å². The molecule has 0 spiro atoms. The topological polar surface area (TPSA) is 39.1 Å². The zero-order chi connectivity index (χ0) is 13.8. The van der Waals surface area contributed by atoms with Crippen molar-refractivity contribution in [2.45, 2.75) is 26.1 Å². The lowest BCUT2D eigenvalue weighted by Gasteiger charge is -2.29. The van der Waals surface area contributed by atoms with Crippen molar-refractivity contribution in [3.05, 3.63) is 48.3 Å². The molecule has 0 saturated carbocycles. The summed E-state index contributed by atoms with van der Waals surface area (Å²) in [5, 5.41) is 7.78. The molecule has 0 radical (unpaired) electrons. The lowest BCUT2D eigenvalue weighted by molar-refractivity contribution is -0.00658. The van der Waals surface area contributed by atoms with Crippen LogP contribution in [-0.4, -0.2) is 29.0 Å². The van der Waals surface area contributed by atoms with E-state index in [4.69, 9.17) is 4.74 Å². The van der Waals surface area contributed by atoms with Crippen LogP contribution in [0.3, 0.4) is 0 Å². The highest BCUT2D eigenvalue weighted by Crippen LogP contribution is 2.17. The first-order chi connectivity index (χ1) is 9.83. The Kier molecular flexibility index (Phi) is 4.14. The van der Waals surface area contributed by atoms with E-state index in [9.17, 15) is 0 Å². The quantitative estimate of drug-likeness (QED) is 0.928. The first-order valence-corrected chi connectivity index (χ1v) is 7.24. The zero-order valence-electron chi connectivity index (χ0n) is 11.8. The summed E-state index contributed by atoms with van der Waals surface area (Å²) >= 11 is 0. The van der Waals surface area contributed by atoms with Gasteiger partial charge in [-0.1, -0.05) is 25.1 Å². The standard InChI is InChI=1S/C16H21N3O/c1-13-7-8-17-10-16(13)20-12-14-9-18-19(11-14)15-5-3-2-4-6-15/h2-6,9,11,13,16-17H,7-8,10,12H2,1H3. The molecule has 20 heavy (non-hydrogen) atoms. The molecule has 1 aromatic carbocycles. The molecule has 2 aromatic rings. The molecule has 0 aliphatic carbocycles. The summed E-state index contributed by atoms with van der Waals surface area (Å²) in [4.78, 5) is 0. The minimum Gasteiger partial charge on any atom is -0.372 e. The Morgan fingerprint density at radius 2 is 2.20 bits per heavy atom. The highest BCUT2D eigenvalue weighted by molar-refractivity contribution is 5.30. The van der Waals surface area contributed by atoms with Crippen LogP contribution in [0.5, 0.6) is 0 Å². The highest BCUT2D eigenvalue weighted by atomic mass is 16.5. The molecule has 4 heteroatoms. The van der Waals surface area contributed by atoms with Crippen molar-refractivity contribution in [1.29, 1.82) is 0 Å². The van der Waals surface area contributed by atoms with Gasteiger partial charge in [-0.15, -0.1) is 0 Å². The fourth-order valence-electron chi connectivity index (χ4n) is 2.54. The molecule has 1 aliphatic heterocycles. The van der Waals surface area contributed by atoms with Crippen LogP contribution in [0.15, 0.2) is 42.7 Å². The van der Waals surface area contributed by atoms with Crippen LogP contribution in [-0.2, 0) is 11.3 Å². The Balaban J connectivity index is 1.60. The molecule has 2 atom stereocenters. The molecule has 106 valence electrons. The van der Waals surface area contributed by atoms with Gasteiger partial charge in [-0.25, -0.2) is 4.68 Å². The van der Waals surface area contributed by atoms with E-state index >= 15 is 0 Å². The maximum absolute atomic E-state index is 6.01. The van der Waals surface area contributed by atoms with Crippen LogP contribution in [0, 0.1) is 5.92 Å². The lowest BCUT2D eigenvalue weighted by atomic mass is 9.97. The van der Waals surface area contributed by atoms with Gasteiger partial charge in [0, 0.05) is 18.3 Å². The second kappa shape index (κ2) is 6.20. The van der Waals surface area contributed by atoms with Crippen molar-refractivity contribution < 1.29 is 4.74 Å². The minimum atomic E-state index is 0.309.